The molecule has 0 aliphatic heterocycles. The third-order valence-electron chi connectivity index (χ3n) is 2.21. The van der Waals surface area contributed by atoms with Gasteiger partial charge >= 0.3 is 5.97 Å². The molecule has 0 aliphatic carbocycles. The molecule has 0 bridgehead atoms. The van der Waals surface area contributed by atoms with E-state index in [0.717, 1.165) is 12.8 Å². The summed E-state index contributed by atoms with van der Waals surface area (Å²) in [6.45, 7) is 9.65. The summed E-state index contributed by atoms with van der Waals surface area (Å²) < 4.78 is 5.05. The van der Waals surface area contributed by atoms with Gasteiger partial charge in [0.05, 0.1) is 6.10 Å². The Morgan fingerprint density at radius 2 is 1.80 bits per heavy atom. The lowest BCUT2D eigenvalue weighted by Gasteiger charge is -2.09. The standard InChI is InChI=1S/C13H24O2/c1-5-6-7-8-9-10-12(4)13(14)15-11(2)3/h11H,4-10H2,1-3H3. The van der Waals surface area contributed by atoms with Crippen molar-refractivity contribution in [2.75, 3.05) is 0 Å². The molecule has 0 saturated carbocycles. The van der Waals surface area contributed by atoms with Gasteiger partial charge in [-0.25, -0.2) is 4.79 Å². The van der Waals surface area contributed by atoms with Gasteiger partial charge in [-0.3, -0.25) is 0 Å². The van der Waals surface area contributed by atoms with Gasteiger partial charge in [-0.15, -0.1) is 0 Å². The minimum Gasteiger partial charge on any atom is -0.460 e. The highest BCUT2D eigenvalue weighted by Gasteiger charge is 2.09. The first kappa shape index (κ1) is 14.2. The van der Waals surface area contributed by atoms with Crippen LogP contribution in [-0.4, -0.2) is 12.1 Å². The highest BCUT2D eigenvalue weighted by Crippen LogP contribution is 2.11. The molecule has 0 amide bonds. The number of hydrogen-bond donors (Lipinski definition) is 0. The minimum atomic E-state index is -0.236. The third-order valence-corrected chi connectivity index (χ3v) is 2.21. The number of carbonyl (C=O) groups is 1. The molecule has 15 heavy (non-hydrogen) atoms. The number of esters is 1. The summed E-state index contributed by atoms with van der Waals surface area (Å²) in [5, 5.41) is 0. The first-order chi connectivity index (χ1) is 7.07. The highest BCUT2D eigenvalue weighted by atomic mass is 16.5. The van der Waals surface area contributed by atoms with Crippen LogP contribution >= 0.6 is 0 Å². The molecule has 0 saturated heterocycles. The van der Waals surface area contributed by atoms with Crippen LogP contribution in [0, 0.1) is 0 Å². The molecule has 0 aromatic carbocycles. The number of hydrogen-bond acceptors (Lipinski definition) is 2. The second-order valence-electron chi connectivity index (χ2n) is 4.22. The Kier molecular flexibility index (Phi) is 8.06. The monoisotopic (exact) mass is 212 g/mol. The van der Waals surface area contributed by atoms with Crippen LogP contribution in [0.4, 0.5) is 0 Å². The average Bonchev–Trinajstić information content (AvgIpc) is 2.16. The molecular formula is C13H24O2. The fourth-order valence-corrected chi connectivity index (χ4v) is 1.34. The normalized spacial score (nSPS) is 10.4. The Hall–Kier alpha value is -0.790. The fourth-order valence-electron chi connectivity index (χ4n) is 1.34. The van der Waals surface area contributed by atoms with Crippen molar-refractivity contribution < 1.29 is 9.53 Å². The molecule has 0 aromatic rings. The number of ether oxygens (including phenoxy) is 1. The van der Waals surface area contributed by atoms with Gasteiger partial charge in [-0.1, -0.05) is 39.2 Å². The van der Waals surface area contributed by atoms with Crippen LogP contribution < -0.4 is 0 Å². The highest BCUT2D eigenvalue weighted by molar-refractivity contribution is 5.87. The number of unbranched alkanes of at least 4 members (excludes halogenated alkanes) is 4. The summed E-state index contributed by atoms with van der Waals surface area (Å²) in [6.07, 6.45) is 6.74. The molecule has 0 heterocycles. The second kappa shape index (κ2) is 8.51. The van der Waals surface area contributed by atoms with E-state index in [1.807, 2.05) is 13.8 Å². The molecule has 0 N–H and O–H groups in total. The Morgan fingerprint density at radius 1 is 1.20 bits per heavy atom. The zero-order valence-electron chi connectivity index (χ0n) is 10.3. The summed E-state index contributed by atoms with van der Waals surface area (Å²) in [6, 6.07) is 0. The zero-order chi connectivity index (χ0) is 11.7. The maximum absolute atomic E-state index is 11.4. The van der Waals surface area contributed by atoms with Crippen molar-refractivity contribution in [1.29, 1.82) is 0 Å². The second-order valence-corrected chi connectivity index (χ2v) is 4.22. The maximum Gasteiger partial charge on any atom is 0.333 e. The van der Waals surface area contributed by atoms with E-state index in [2.05, 4.69) is 13.5 Å². The Bertz CT molecular complexity index is 195. The molecular weight excluding hydrogens is 188 g/mol. The fraction of sp³-hybridized carbons (Fsp3) is 0.769. The zero-order valence-corrected chi connectivity index (χ0v) is 10.3. The first-order valence-corrected chi connectivity index (χ1v) is 5.96. The van der Waals surface area contributed by atoms with Crippen LogP contribution in [0.15, 0.2) is 12.2 Å². The van der Waals surface area contributed by atoms with Crippen molar-refractivity contribution in [2.45, 2.75) is 65.4 Å². The first-order valence-electron chi connectivity index (χ1n) is 5.96. The van der Waals surface area contributed by atoms with E-state index in [1.54, 1.807) is 0 Å². The van der Waals surface area contributed by atoms with E-state index in [4.69, 9.17) is 4.74 Å². The maximum atomic E-state index is 11.4. The molecule has 0 aromatic heterocycles. The van der Waals surface area contributed by atoms with Crippen molar-refractivity contribution in [3.8, 4) is 0 Å². The minimum absolute atomic E-state index is 0.0469. The van der Waals surface area contributed by atoms with E-state index in [0.29, 0.717) is 5.57 Å². The van der Waals surface area contributed by atoms with Crippen molar-refractivity contribution in [3.63, 3.8) is 0 Å². The van der Waals surface area contributed by atoms with E-state index >= 15 is 0 Å². The Labute approximate surface area is 93.7 Å². The topological polar surface area (TPSA) is 26.3 Å². The molecule has 0 atom stereocenters. The van der Waals surface area contributed by atoms with E-state index < -0.39 is 0 Å². The van der Waals surface area contributed by atoms with Crippen LogP contribution in [0.2, 0.25) is 0 Å². The summed E-state index contributed by atoms with van der Waals surface area (Å²) in [5.41, 5.74) is 0.611. The van der Waals surface area contributed by atoms with E-state index in [1.165, 1.54) is 25.7 Å². The van der Waals surface area contributed by atoms with Gasteiger partial charge in [0, 0.05) is 5.57 Å². The van der Waals surface area contributed by atoms with Crippen LogP contribution in [0.3, 0.4) is 0 Å². The van der Waals surface area contributed by atoms with Crippen LogP contribution in [0.5, 0.6) is 0 Å². The van der Waals surface area contributed by atoms with Crippen molar-refractivity contribution in [1.82, 2.24) is 0 Å². The van der Waals surface area contributed by atoms with E-state index in [-0.39, 0.29) is 12.1 Å². The summed E-state index contributed by atoms with van der Waals surface area (Å²) in [7, 11) is 0. The van der Waals surface area contributed by atoms with Gasteiger partial charge in [-0.2, -0.15) is 0 Å². The lowest BCUT2D eigenvalue weighted by atomic mass is 10.1. The smallest absolute Gasteiger partial charge is 0.333 e. The molecule has 88 valence electrons. The predicted octanol–water partition coefficient (Wildman–Crippen LogP) is 3.85. The van der Waals surface area contributed by atoms with Crippen molar-refractivity contribution in [2.24, 2.45) is 0 Å². The number of carbonyl (C=O) groups excluding carboxylic acids is 1. The van der Waals surface area contributed by atoms with Crippen LogP contribution in [-0.2, 0) is 9.53 Å². The van der Waals surface area contributed by atoms with Gasteiger partial charge in [0.15, 0.2) is 0 Å². The molecule has 2 heteroatoms. The Morgan fingerprint density at radius 3 is 2.33 bits per heavy atom. The summed E-state index contributed by atoms with van der Waals surface area (Å²) in [4.78, 5) is 11.4. The van der Waals surface area contributed by atoms with Gasteiger partial charge in [0.1, 0.15) is 0 Å². The lowest BCUT2D eigenvalue weighted by Crippen LogP contribution is -2.13. The van der Waals surface area contributed by atoms with E-state index in [9.17, 15) is 4.79 Å². The van der Waals surface area contributed by atoms with Gasteiger partial charge < -0.3 is 4.74 Å². The molecule has 0 spiro atoms. The molecule has 0 aliphatic rings. The molecule has 0 radical (unpaired) electrons. The predicted molar refractivity (Wildman–Crippen MR) is 63.7 cm³/mol. The lowest BCUT2D eigenvalue weighted by molar-refractivity contribution is -0.142. The van der Waals surface area contributed by atoms with Gasteiger partial charge in [0.25, 0.3) is 0 Å². The molecule has 0 fully saturated rings. The largest absolute Gasteiger partial charge is 0.460 e. The summed E-state index contributed by atoms with van der Waals surface area (Å²) >= 11 is 0. The Balaban J connectivity index is 3.52. The SMILES string of the molecule is C=C(CCCCCCC)C(=O)OC(C)C. The summed E-state index contributed by atoms with van der Waals surface area (Å²) in [5.74, 6) is -0.236. The number of rotatable bonds is 8. The average molecular weight is 212 g/mol. The van der Waals surface area contributed by atoms with Crippen LogP contribution in [0.25, 0.3) is 0 Å². The van der Waals surface area contributed by atoms with Gasteiger partial charge in [-0.05, 0) is 26.7 Å². The van der Waals surface area contributed by atoms with Crippen molar-refractivity contribution in [3.05, 3.63) is 12.2 Å². The van der Waals surface area contributed by atoms with Crippen LogP contribution in [0.1, 0.15) is 59.3 Å². The molecule has 0 unspecified atom stereocenters. The van der Waals surface area contributed by atoms with Crippen molar-refractivity contribution >= 4 is 5.97 Å². The quantitative estimate of drug-likeness (QED) is 0.347. The molecule has 0 rings (SSSR count). The van der Waals surface area contributed by atoms with Gasteiger partial charge in [0.2, 0.25) is 0 Å². The molecule has 2 nitrogen and oxygen atoms in total. The third kappa shape index (κ3) is 8.22.